The van der Waals surface area contributed by atoms with Crippen molar-refractivity contribution in [2.75, 3.05) is 33.2 Å². The van der Waals surface area contributed by atoms with Crippen LogP contribution in [0.25, 0.3) is 0 Å². The molecule has 0 aromatic rings. The van der Waals surface area contributed by atoms with Crippen molar-refractivity contribution in [3.63, 3.8) is 0 Å². The van der Waals surface area contributed by atoms with Gasteiger partial charge < -0.3 is 10.1 Å². The number of likely N-dealkylation sites (tertiary alicyclic amines) is 1. The Morgan fingerprint density at radius 3 is 2.24 bits per heavy atom. The molecule has 2 aliphatic heterocycles. The van der Waals surface area contributed by atoms with E-state index in [1.54, 1.807) is 0 Å². The summed E-state index contributed by atoms with van der Waals surface area (Å²) < 4.78 is 5.95. The van der Waals surface area contributed by atoms with Gasteiger partial charge in [0.15, 0.2) is 0 Å². The van der Waals surface area contributed by atoms with Crippen molar-refractivity contribution in [2.45, 2.75) is 39.2 Å². The number of ether oxygens (including phenoxy) is 1. The average Bonchev–Trinajstić information content (AvgIpc) is 2.14. The van der Waals surface area contributed by atoms with Crippen LogP contribution < -0.4 is 5.32 Å². The SMILES string of the molecule is CC(C)(C)OC(=O)[N+]1(C)CC2(CCNCC2)C1. The molecule has 1 N–H and O–H groups in total. The number of hydrogen-bond acceptors (Lipinski definition) is 3. The molecule has 0 radical (unpaired) electrons. The fraction of sp³-hybridized carbons (Fsp3) is 0.923. The molecule has 1 spiro atoms. The van der Waals surface area contributed by atoms with Gasteiger partial charge in [0.05, 0.1) is 25.6 Å². The molecule has 0 aromatic carbocycles. The smallest absolute Gasteiger partial charge is 0.414 e. The van der Waals surface area contributed by atoms with Crippen molar-refractivity contribution in [3.05, 3.63) is 0 Å². The monoisotopic (exact) mass is 241 g/mol. The van der Waals surface area contributed by atoms with Crippen LogP contribution in [0.3, 0.4) is 0 Å². The zero-order valence-corrected chi connectivity index (χ0v) is 11.5. The van der Waals surface area contributed by atoms with Crippen LogP contribution >= 0.6 is 0 Å². The lowest BCUT2D eigenvalue weighted by molar-refractivity contribution is -0.903. The highest BCUT2D eigenvalue weighted by Crippen LogP contribution is 2.43. The molecule has 17 heavy (non-hydrogen) atoms. The molecule has 2 saturated heterocycles. The number of nitrogens with zero attached hydrogens (tertiary/aromatic N) is 1. The summed E-state index contributed by atoms with van der Waals surface area (Å²) >= 11 is 0. The lowest BCUT2D eigenvalue weighted by Crippen LogP contribution is -2.72. The summed E-state index contributed by atoms with van der Waals surface area (Å²) in [7, 11) is 2.00. The van der Waals surface area contributed by atoms with Gasteiger partial charge in [0, 0.05) is 0 Å². The molecule has 2 aliphatic rings. The fourth-order valence-corrected chi connectivity index (χ4v) is 3.21. The predicted octanol–water partition coefficient (Wildman–Crippen LogP) is 1.75. The zero-order chi connectivity index (χ0) is 12.7. The van der Waals surface area contributed by atoms with Gasteiger partial charge in [0.25, 0.3) is 0 Å². The molecule has 0 unspecified atom stereocenters. The van der Waals surface area contributed by atoms with Crippen LogP contribution in [0.4, 0.5) is 4.79 Å². The van der Waals surface area contributed by atoms with E-state index >= 15 is 0 Å². The summed E-state index contributed by atoms with van der Waals surface area (Å²) in [6.07, 6.45) is 2.33. The number of carbonyl (C=O) groups excluding carboxylic acids is 1. The van der Waals surface area contributed by atoms with Gasteiger partial charge in [-0.15, -0.1) is 0 Å². The maximum atomic E-state index is 12.1. The van der Waals surface area contributed by atoms with E-state index in [0.717, 1.165) is 26.2 Å². The Labute approximate surface area is 104 Å². The van der Waals surface area contributed by atoms with Gasteiger partial charge in [-0.25, -0.2) is 4.48 Å². The number of amides is 1. The standard InChI is InChI=1S/C13H25N2O2/c1-12(2,3)17-11(16)15(4)9-13(10-15)5-7-14-8-6-13/h14H,5-10H2,1-4H3/q+1. The molecule has 0 aromatic heterocycles. The van der Waals surface area contributed by atoms with Crippen LogP contribution in [-0.2, 0) is 4.74 Å². The largest absolute Gasteiger partial charge is 0.516 e. The van der Waals surface area contributed by atoms with Gasteiger partial charge in [-0.3, -0.25) is 0 Å². The molecular weight excluding hydrogens is 216 g/mol. The molecule has 2 rings (SSSR count). The predicted molar refractivity (Wildman–Crippen MR) is 66.7 cm³/mol. The Morgan fingerprint density at radius 1 is 1.24 bits per heavy atom. The maximum Gasteiger partial charge on any atom is 0.516 e. The number of nitrogens with one attached hydrogen (secondary N) is 1. The van der Waals surface area contributed by atoms with Crippen LogP contribution in [0.15, 0.2) is 0 Å². The van der Waals surface area contributed by atoms with Gasteiger partial charge >= 0.3 is 6.09 Å². The molecular formula is C13H25N2O2+. The minimum absolute atomic E-state index is 0.0679. The number of piperidine rings is 1. The summed E-state index contributed by atoms with van der Waals surface area (Å²) in [5, 5.41) is 3.38. The molecule has 0 saturated carbocycles. The van der Waals surface area contributed by atoms with Crippen LogP contribution in [-0.4, -0.2) is 49.4 Å². The van der Waals surface area contributed by atoms with Crippen molar-refractivity contribution >= 4 is 6.09 Å². The second kappa shape index (κ2) is 3.95. The molecule has 0 aliphatic carbocycles. The Hall–Kier alpha value is -0.610. The van der Waals surface area contributed by atoms with Gasteiger partial charge in [-0.1, -0.05) is 0 Å². The highest BCUT2D eigenvalue weighted by molar-refractivity contribution is 5.61. The Balaban J connectivity index is 1.93. The summed E-state index contributed by atoms with van der Waals surface area (Å²) in [4.78, 5) is 12.1. The van der Waals surface area contributed by atoms with Crippen LogP contribution in [0, 0.1) is 5.41 Å². The number of hydrogen-bond donors (Lipinski definition) is 1. The second-order valence-corrected chi connectivity index (χ2v) is 6.94. The zero-order valence-electron chi connectivity index (χ0n) is 11.5. The summed E-state index contributed by atoms with van der Waals surface area (Å²) in [5.41, 5.74) is 0.0200. The maximum absolute atomic E-state index is 12.1. The Kier molecular flexibility index (Phi) is 2.99. The van der Waals surface area contributed by atoms with E-state index in [4.69, 9.17) is 4.74 Å². The van der Waals surface area contributed by atoms with Crippen LogP contribution in [0.2, 0.25) is 0 Å². The molecule has 2 fully saturated rings. The first-order valence-electron chi connectivity index (χ1n) is 6.54. The van der Waals surface area contributed by atoms with E-state index in [1.165, 1.54) is 12.8 Å². The van der Waals surface area contributed by atoms with E-state index in [-0.39, 0.29) is 11.7 Å². The average molecular weight is 241 g/mol. The summed E-state index contributed by atoms with van der Waals surface area (Å²) in [6, 6.07) is 0. The first-order chi connectivity index (χ1) is 7.75. The van der Waals surface area contributed by atoms with E-state index in [0.29, 0.717) is 9.90 Å². The highest BCUT2D eigenvalue weighted by Gasteiger charge is 2.58. The molecule has 1 amide bonds. The van der Waals surface area contributed by atoms with E-state index in [2.05, 4.69) is 5.32 Å². The third kappa shape index (κ3) is 2.63. The van der Waals surface area contributed by atoms with Crippen molar-refractivity contribution < 1.29 is 14.0 Å². The van der Waals surface area contributed by atoms with E-state index < -0.39 is 0 Å². The highest BCUT2D eigenvalue weighted by atomic mass is 16.6. The quantitative estimate of drug-likeness (QED) is 0.657. The second-order valence-electron chi connectivity index (χ2n) is 6.94. The lowest BCUT2D eigenvalue weighted by Gasteiger charge is -2.54. The Bertz CT molecular complexity index is 306. The first-order valence-corrected chi connectivity index (χ1v) is 6.54. The lowest BCUT2D eigenvalue weighted by atomic mass is 9.71. The number of carbonyl (C=O) groups is 1. The Morgan fingerprint density at radius 2 is 1.76 bits per heavy atom. The van der Waals surface area contributed by atoms with E-state index in [9.17, 15) is 4.79 Å². The number of quaternary nitrogens is 1. The molecule has 4 nitrogen and oxygen atoms in total. The third-order valence-electron chi connectivity index (χ3n) is 3.87. The normalized spacial score (nSPS) is 26.4. The molecule has 98 valence electrons. The molecule has 0 atom stereocenters. The summed E-state index contributed by atoms with van der Waals surface area (Å²) in [5.74, 6) is 0. The molecule has 2 heterocycles. The van der Waals surface area contributed by atoms with Crippen molar-refractivity contribution in [2.24, 2.45) is 5.41 Å². The van der Waals surface area contributed by atoms with Crippen molar-refractivity contribution in [1.82, 2.24) is 5.32 Å². The molecule has 4 heteroatoms. The first kappa shape index (κ1) is 12.8. The fourth-order valence-electron chi connectivity index (χ4n) is 3.21. The summed E-state index contributed by atoms with van der Waals surface area (Å²) in [6.45, 7) is 9.86. The minimum Gasteiger partial charge on any atom is -0.414 e. The van der Waals surface area contributed by atoms with Crippen molar-refractivity contribution in [3.8, 4) is 0 Å². The van der Waals surface area contributed by atoms with Crippen LogP contribution in [0.1, 0.15) is 33.6 Å². The van der Waals surface area contributed by atoms with Crippen LogP contribution in [0.5, 0.6) is 0 Å². The van der Waals surface area contributed by atoms with Gasteiger partial charge in [-0.2, -0.15) is 4.79 Å². The third-order valence-corrected chi connectivity index (χ3v) is 3.87. The topological polar surface area (TPSA) is 38.3 Å². The van der Waals surface area contributed by atoms with Crippen molar-refractivity contribution in [1.29, 1.82) is 0 Å². The van der Waals surface area contributed by atoms with E-state index in [1.807, 2.05) is 27.8 Å². The van der Waals surface area contributed by atoms with Gasteiger partial charge in [-0.05, 0) is 46.7 Å². The molecule has 0 bridgehead atoms. The van der Waals surface area contributed by atoms with Gasteiger partial charge in [0.1, 0.15) is 5.60 Å². The minimum atomic E-state index is -0.380. The van der Waals surface area contributed by atoms with Gasteiger partial charge in [0.2, 0.25) is 0 Å². The number of rotatable bonds is 0.